The highest BCUT2D eigenvalue weighted by molar-refractivity contribution is 5.81. The van der Waals surface area contributed by atoms with Crippen LogP contribution in [-0.2, 0) is 19.1 Å². The van der Waals surface area contributed by atoms with Gasteiger partial charge < -0.3 is 19.9 Å². The summed E-state index contributed by atoms with van der Waals surface area (Å²) >= 11 is 0. The minimum absolute atomic E-state index is 0.297. The second-order valence-corrected chi connectivity index (χ2v) is 3.61. The van der Waals surface area contributed by atoms with E-state index in [4.69, 9.17) is 14.6 Å². The van der Waals surface area contributed by atoms with Crippen LogP contribution in [0, 0.1) is 0 Å². The van der Waals surface area contributed by atoms with E-state index in [1.807, 2.05) is 0 Å². The highest BCUT2D eigenvalue weighted by Crippen LogP contribution is 2.06. The third kappa shape index (κ3) is 6.31. The van der Waals surface area contributed by atoms with Gasteiger partial charge in [0.2, 0.25) is 0 Å². The first-order valence-corrected chi connectivity index (χ1v) is 4.92. The van der Waals surface area contributed by atoms with Crippen LogP contribution < -0.4 is 5.32 Å². The van der Waals surface area contributed by atoms with Crippen LogP contribution in [0.3, 0.4) is 0 Å². The van der Waals surface area contributed by atoms with Gasteiger partial charge in [-0.25, -0.2) is 14.4 Å². The zero-order valence-electron chi connectivity index (χ0n) is 9.97. The van der Waals surface area contributed by atoms with Crippen molar-refractivity contribution in [2.45, 2.75) is 12.5 Å². The van der Waals surface area contributed by atoms with Crippen LogP contribution in [0.5, 0.6) is 0 Å². The summed E-state index contributed by atoms with van der Waals surface area (Å²) < 4.78 is 9.45. The Morgan fingerprint density at radius 2 is 1.56 bits per heavy atom. The summed E-state index contributed by atoms with van der Waals surface area (Å²) in [4.78, 5) is 32.4. The molecule has 0 radical (unpaired) electrons. The van der Waals surface area contributed by atoms with E-state index >= 15 is 0 Å². The molecular formula is C11H15NO6. The van der Waals surface area contributed by atoms with E-state index in [0.717, 1.165) is 12.2 Å². The fraction of sp³-hybridized carbons (Fsp3) is 0.364. The molecule has 0 fully saturated rings. The molecule has 7 nitrogen and oxygen atoms in total. The fourth-order valence-corrected chi connectivity index (χ4v) is 0.951. The number of hydrogen-bond acceptors (Lipinski definition) is 5. The number of rotatable bonds is 7. The lowest BCUT2D eigenvalue weighted by Crippen LogP contribution is -2.53. The zero-order valence-corrected chi connectivity index (χ0v) is 9.97. The Morgan fingerprint density at radius 3 is 1.83 bits per heavy atom. The summed E-state index contributed by atoms with van der Waals surface area (Å²) in [5.41, 5.74) is -1.25. The Labute approximate surface area is 104 Å². The van der Waals surface area contributed by atoms with Gasteiger partial charge in [0.1, 0.15) is 18.8 Å². The standard InChI is InChI=1S/C11H15NO6/c1-4-8(13)17-6-11(3,12-10(15)16)7-18-9(14)5-2/h4-5,12H,1-2,6-7H2,3H3,(H,15,16). The lowest BCUT2D eigenvalue weighted by atomic mass is 10.1. The fourth-order valence-electron chi connectivity index (χ4n) is 0.951. The Kier molecular flexibility index (Phi) is 6.19. The van der Waals surface area contributed by atoms with Crippen molar-refractivity contribution in [3.8, 4) is 0 Å². The molecule has 0 spiro atoms. The van der Waals surface area contributed by atoms with E-state index in [9.17, 15) is 14.4 Å². The molecule has 0 aliphatic carbocycles. The third-order valence-corrected chi connectivity index (χ3v) is 1.81. The average molecular weight is 257 g/mol. The highest BCUT2D eigenvalue weighted by Gasteiger charge is 2.29. The number of carboxylic acid groups (broad SMARTS) is 1. The summed E-state index contributed by atoms with van der Waals surface area (Å²) in [5, 5.41) is 10.8. The van der Waals surface area contributed by atoms with Crippen LogP contribution in [0.15, 0.2) is 25.3 Å². The van der Waals surface area contributed by atoms with Crippen LogP contribution >= 0.6 is 0 Å². The van der Waals surface area contributed by atoms with Gasteiger partial charge in [0.05, 0.1) is 0 Å². The van der Waals surface area contributed by atoms with Crippen molar-refractivity contribution >= 4 is 18.0 Å². The molecule has 1 amide bonds. The van der Waals surface area contributed by atoms with Gasteiger partial charge in [0.15, 0.2) is 0 Å². The maximum Gasteiger partial charge on any atom is 0.405 e. The highest BCUT2D eigenvalue weighted by atomic mass is 16.5. The third-order valence-electron chi connectivity index (χ3n) is 1.81. The predicted molar refractivity (Wildman–Crippen MR) is 61.9 cm³/mol. The maximum atomic E-state index is 10.9. The Balaban J connectivity index is 4.55. The topological polar surface area (TPSA) is 102 Å². The van der Waals surface area contributed by atoms with Crippen LogP contribution in [-0.4, -0.2) is 41.9 Å². The van der Waals surface area contributed by atoms with Gasteiger partial charge in [-0.1, -0.05) is 13.2 Å². The Bertz CT molecular complexity index is 339. The molecule has 100 valence electrons. The largest absolute Gasteiger partial charge is 0.465 e. The van der Waals surface area contributed by atoms with E-state index in [0.29, 0.717) is 0 Å². The van der Waals surface area contributed by atoms with Crippen molar-refractivity contribution in [2.75, 3.05) is 13.2 Å². The number of esters is 2. The SMILES string of the molecule is C=CC(=O)OCC(C)(COC(=O)C=C)NC(=O)O. The number of nitrogens with one attached hydrogen (secondary N) is 1. The second-order valence-electron chi connectivity index (χ2n) is 3.61. The summed E-state index contributed by atoms with van der Waals surface area (Å²) in [7, 11) is 0. The quantitative estimate of drug-likeness (QED) is 0.507. The summed E-state index contributed by atoms with van der Waals surface area (Å²) in [6.07, 6.45) is 0.551. The molecule has 0 aliphatic rings. The molecule has 0 aliphatic heterocycles. The van der Waals surface area contributed by atoms with Crippen molar-refractivity contribution < 1.29 is 29.0 Å². The first kappa shape index (κ1) is 15.7. The van der Waals surface area contributed by atoms with Crippen molar-refractivity contribution in [3.63, 3.8) is 0 Å². The predicted octanol–water partition coefficient (Wildman–Crippen LogP) is 0.471. The smallest absolute Gasteiger partial charge is 0.405 e. The number of carbonyl (C=O) groups is 3. The molecule has 0 aromatic carbocycles. The Hall–Kier alpha value is -2.31. The monoisotopic (exact) mass is 257 g/mol. The minimum Gasteiger partial charge on any atom is -0.465 e. The summed E-state index contributed by atoms with van der Waals surface area (Å²) in [6, 6.07) is 0. The summed E-state index contributed by atoms with van der Waals surface area (Å²) in [6.45, 7) is 7.23. The molecule has 0 heterocycles. The normalized spacial score (nSPS) is 10.1. The molecule has 0 unspecified atom stereocenters. The lowest BCUT2D eigenvalue weighted by Gasteiger charge is -2.27. The molecule has 0 saturated heterocycles. The molecule has 0 aromatic rings. The molecular weight excluding hydrogens is 242 g/mol. The van der Waals surface area contributed by atoms with E-state index in [1.165, 1.54) is 6.92 Å². The van der Waals surface area contributed by atoms with Crippen LogP contribution in [0.4, 0.5) is 4.79 Å². The van der Waals surface area contributed by atoms with E-state index in [2.05, 4.69) is 18.5 Å². The van der Waals surface area contributed by atoms with E-state index in [-0.39, 0.29) is 13.2 Å². The van der Waals surface area contributed by atoms with Crippen LogP contribution in [0.25, 0.3) is 0 Å². The van der Waals surface area contributed by atoms with E-state index < -0.39 is 23.6 Å². The van der Waals surface area contributed by atoms with Crippen molar-refractivity contribution in [1.29, 1.82) is 0 Å². The molecule has 0 saturated carbocycles. The number of ether oxygens (including phenoxy) is 2. The summed E-state index contributed by atoms with van der Waals surface area (Å²) in [5.74, 6) is -1.41. The van der Waals surface area contributed by atoms with Crippen molar-refractivity contribution in [1.82, 2.24) is 5.32 Å². The number of amides is 1. The molecule has 0 rings (SSSR count). The Morgan fingerprint density at radius 1 is 1.17 bits per heavy atom. The lowest BCUT2D eigenvalue weighted by molar-refractivity contribution is -0.144. The van der Waals surface area contributed by atoms with Gasteiger partial charge in [-0.15, -0.1) is 0 Å². The van der Waals surface area contributed by atoms with Crippen molar-refractivity contribution in [2.24, 2.45) is 0 Å². The average Bonchev–Trinajstić information content (AvgIpc) is 2.32. The molecule has 0 bridgehead atoms. The van der Waals surface area contributed by atoms with Gasteiger partial charge >= 0.3 is 18.0 Å². The second kappa shape index (κ2) is 7.10. The van der Waals surface area contributed by atoms with Gasteiger partial charge in [-0.05, 0) is 6.92 Å². The van der Waals surface area contributed by atoms with Crippen LogP contribution in [0.1, 0.15) is 6.92 Å². The van der Waals surface area contributed by atoms with Crippen molar-refractivity contribution in [3.05, 3.63) is 25.3 Å². The van der Waals surface area contributed by atoms with Gasteiger partial charge in [0, 0.05) is 12.2 Å². The maximum absolute atomic E-state index is 10.9. The molecule has 0 aromatic heterocycles. The number of carbonyl (C=O) groups excluding carboxylic acids is 2. The molecule has 18 heavy (non-hydrogen) atoms. The first-order valence-electron chi connectivity index (χ1n) is 4.92. The van der Waals surface area contributed by atoms with E-state index in [1.54, 1.807) is 0 Å². The molecule has 2 N–H and O–H groups in total. The van der Waals surface area contributed by atoms with Crippen LogP contribution in [0.2, 0.25) is 0 Å². The molecule has 0 atom stereocenters. The van der Waals surface area contributed by atoms with Gasteiger partial charge in [-0.2, -0.15) is 0 Å². The first-order chi connectivity index (χ1) is 8.33. The molecule has 7 heteroatoms. The van der Waals surface area contributed by atoms with Gasteiger partial charge in [0.25, 0.3) is 0 Å². The minimum atomic E-state index is -1.33. The number of hydrogen-bond donors (Lipinski definition) is 2. The van der Waals surface area contributed by atoms with Gasteiger partial charge in [-0.3, -0.25) is 0 Å². The zero-order chi connectivity index (χ0) is 14.2.